The molecule has 0 bridgehead atoms. The van der Waals surface area contributed by atoms with E-state index in [9.17, 15) is 5.11 Å². The lowest BCUT2D eigenvalue weighted by Crippen LogP contribution is -1.97. The van der Waals surface area contributed by atoms with Crippen molar-refractivity contribution in [3.05, 3.63) is 64.7 Å². The standard InChI is InChI=1S/C9H13NO.C8H11N.CH4/c1-2-7-3-4-8(6-10)9(11)5-7;1-7-4-2-3-5-8(7)6-9;/h3-5,11H,2,6,10H2,1H3;2-5H,6,9H2,1H3;1H4. The van der Waals surface area contributed by atoms with Gasteiger partial charge in [-0.3, -0.25) is 0 Å². The number of phenols is 1. The summed E-state index contributed by atoms with van der Waals surface area (Å²) in [6.45, 7) is 5.17. The molecular weight excluding hydrogens is 260 g/mol. The summed E-state index contributed by atoms with van der Waals surface area (Å²) in [4.78, 5) is 0. The molecular formula is C18H28N2O. The molecule has 21 heavy (non-hydrogen) atoms. The maximum atomic E-state index is 9.34. The molecule has 2 rings (SSSR count). The molecule has 0 amide bonds. The van der Waals surface area contributed by atoms with Crippen LogP contribution >= 0.6 is 0 Å². The van der Waals surface area contributed by atoms with Gasteiger partial charge in [-0.25, -0.2) is 0 Å². The van der Waals surface area contributed by atoms with Gasteiger partial charge in [0.1, 0.15) is 5.75 Å². The molecule has 0 aliphatic rings. The highest BCUT2D eigenvalue weighted by Crippen LogP contribution is 2.18. The predicted molar refractivity (Wildman–Crippen MR) is 91.2 cm³/mol. The van der Waals surface area contributed by atoms with Gasteiger partial charge in [0.25, 0.3) is 0 Å². The second-order valence-corrected chi connectivity index (χ2v) is 4.65. The molecule has 0 spiro atoms. The topological polar surface area (TPSA) is 72.3 Å². The molecule has 0 saturated carbocycles. The fraction of sp³-hybridized carbons (Fsp3) is 0.333. The molecule has 0 fully saturated rings. The van der Waals surface area contributed by atoms with E-state index in [0.29, 0.717) is 18.8 Å². The monoisotopic (exact) mass is 288 g/mol. The van der Waals surface area contributed by atoms with Gasteiger partial charge in [-0.1, -0.05) is 50.7 Å². The van der Waals surface area contributed by atoms with Crippen LogP contribution in [0.5, 0.6) is 5.75 Å². The smallest absolute Gasteiger partial charge is 0.120 e. The van der Waals surface area contributed by atoms with Crippen LogP contribution in [-0.4, -0.2) is 5.11 Å². The van der Waals surface area contributed by atoms with Crippen LogP contribution in [0.4, 0.5) is 0 Å². The van der Waals surface area contributed by atoms with Crippen molar-refractivity contribution in [3.8, 4) is 5.75 Å². The molecule has 5 N–H and O–H groups in total. The van der Waals surface area contributed by atoms with E-state index in [0.717, 1.165) is 17.5 Å². The first-order valence-corrected chi connectivity index (χ1v) is 6.87. The predicted octanol–water partition coefficient (Wildman–Crippen LogP) is 3.50. The lowest BCUT2D eigenvalue weighted by atomic mass is 10.1. The second kappa shape index (κ2) is 9.97. The van der Waals surface area contributed by atoms with Gasteiger partial charge in [-0.05, 0) is 36.1 Å². The van der Waals surface area contributed by atoms with Crippen LogP contribution in [0.2, 0.25) is 0 Å². The van der Waals surface area contributed by atoms with Crippen molar-refractivity contribution in [2.75, 3.05) is 0 Å². The van der Waals surface area contributed by atoms with Gasteiger partial charge >= 0.3 is 0 Å². The number of aromatic hydroxyl groups is 1. The normalized spacial score (nSPS) is 9.33. The molecule has 0 aliphatic heterocycles. The molecule has 2 aromatic carbocycles. The zero-order valence-electron chi connectivity index (χ0n) is 12.3. The average molecular weight is 288 g/mol. The van der Waals surface area contributed by atoms with Crippen LogP contribution in [0, 0.1) is 6.92 Å². The maximum Gasteiger partial charge on any atom is 0.120 e. The van der Waals surface area contributed by atoms with Gasteiger partial charge in [-0.2, -0.15) is 0 Å². The number of nitrogens with two attached hydrogens (primary N) is 2. The molecule has 0 unspecified atom stereocenters. The van der Waals surface area contributed by atoms with E-state index in [-0.39, 0.29) is 7.43 Å². The molecule has 0 saturated heterocycles. The molecule has 3 nitrogen and oxygen atoms in total. The van der Waals surface area contributed by atoms with E-state index in [1.54, 1.807) is 6.07 Å². The number of aryl methyl sites for hydroxylation is 2. The minimum Gasteiger partial charge on any atom is -0.508 e. The van der Waals surface area contributed by atoms with Crippen molar-refractivity contribution in [1.29, 1.82) is 0 Å². The first kappa shape index (κ1) is 19.2. The van der Waals surface area contributed by atoms with Crippen LogP contribution in [0.1, 0.15) is 36.6 Å². The van der Waals surface area contributed by atoms with Crippen LogP contribution in [0.3, 0.4) is 0 Å². The zero-order valence-corrected chi connectivity index (χ0v) is 12.3. The first-order chi connectivity index (χ1) is 9.62. The zero-order chi connectivity index (χ0) is 15.0. The number of benzene rings is 2. The molecule has 0 aliphatic carbocycles. The van der Waals surface area contributed by atoms with E-state index in [2.05, 4.69) is 26.0 Å². The minimum absolute atomic E-state index is 0. The third kappa shape index (κ3) is 5.98. The van der Waals surface area contributed by atoms with Crippen LogP contribution in [-0.2, 0) is 19.5 Å². The Morgan fingerprint density at radius 2 is 1.57 bits per heavy atom. The second-order valence-electron chi connectivity index (χ2n) is 4.65. The van der Waals surface area contributed by atoms with Gasteiger partial charge in [0, 0.05) is 18.7 Å². The van der Waals surface area contributed by atoms with E-state index in [1.165, 1.54) is 11.1 Å². The van der Waals surface area contributed by atoms with Crippen molar-refractivity contribution in [2.24, 2.45) is 11.5 Å². The van der Waals surface area contributed by atoms with Crippen LogP contribution < -0.4 is 11.5 Å². The quantitative estimate of drug-likeness (QED) is 0.809. The molecule has 2 aromatic rings. The Kier molecular flexibility index (Phi) is 9.10. The van der Waals surface area contributed by atoms with Gasteiger partial charge in [-0.15, -0.1) is 0 Å². The highest BCUT2D eigenvalue weighted by molar-refractivity contribution is 5.36. The van der Waals surface area contributed by atoms with Crippen LogP contribution in [0.25, 0.3) is 0 Å². The summed E-state index contributed by atoms with van der Waals surface area (Å²) >= 11 is 0. The number of phenolic OH excluding ortho intramolecular Hbond substituents is 1. The van der Waals surface area contributed by atoms with E-state index in [1.807, 2.05) is 24.3 Å². The Morgan fingerprint density at radius 3 is 2.00 bits per heavy atom. The van der Waals surface area contributed by atoms with Crippen molar-refractivity contribution in [2.45, 2.75) is 40.8 Å². The highest BCUT2D eigenvalue weighted by atomic mass is 16.3. The number of hydrogen-bond acceptors (Lipinski definition) is 3. The summed E-state index contributed by atoms with van der Waals surface area (Å²) < 4.78 is 0. The first-order valence-electron chi connectivity index (χ1n) is 6.87. The van der Waals surface area contributed by atoms with Crippen molar-refractivity contribution in [3.63, 3.8) is 0 Å². The Balaban J connectivity index is 0.000000370. The number of hydrogen-bond donors (Lipinski definition) is 3. The molecule has 0 atom stereocenters. The Morgan fingerprint density at radius 1 is 0.952 bits per heavy atom. The summed E-state index contributed by atoms with van der Waals surface area (Å²) in [7, 11) is 0. The molecule has 116 valence electrons. The highest BCUT2D eigenvalue weighted by Gasteiger charge is 1.98. The fourth-order valence-electron chi connectivity index (χ4n) is 1.84. The molecule has 0 aromatic heterocycles. The summed E-state index contributed by atoms with van der Waals surface area (Å²) in [5, 5.41) is 9.34. The van der Waals surface area contributed by atoms with E-state index < -0.39 is 0 Å². The number of rotatable bonds is 3. The Hall–Kier alpha value is -1.84. The largest absolute Gasteiger partial charge is 0.508 e. The average Bonchev–Trinajstić information content (AvgIpc) is 2.48. The summed E-state index contributed by atoms with van der Waals surface area (Å²) in [6, 6.07) is 13.8. The molecule has 0 heterocycles. The van der Waals surface area contributed by atoms with Gasteiger partial charge in [0.05, 0.1) is 0 Å². The summed E-state index contributed by atoms with van der Waals surface area (Å²) in [6.07, 6.45) is 0.943. The van der Waals surface area contributed by atoms with Gasteiger partial charge in [0.15, 0.2) is 0 Å². The Labute approximate surface area is 128 Å². The van der Waals surface area contributed by atoms with Crippen molar-refractivity contribution >= 4 is 0 Å². The van der Waals surface area contributed by atoms with E-state index >= 15 is 0 Å². The van der Waals surface area contributed by atoms with Crippen LogP contribution in [0.15, 0.2) is 42.5 Å². The summed E-state index contributed by atoms with van der Waals surface area (Å²) in [5.41, 5.74) is 15.3. The van der Waals surface area contributed by atoms with E-state index in [4.69, 9.17) is 11.5 Å². The third-order valence-electron chi connectivity index (χ3n) is 3.26. The maximum absolute atomic E-state index is 9.34. The Bertz CT molecular complexity index is 538. The SMILES string of the molecule is C.CCc1ccc(CN)c(O)c1.Cc1ccccc1CN. The fourth-order valence-corrected chi connectivity index (χ4v) is 1.84. The third-order valence-corrected chi connectivity index (χ3v) is 3.26. The van der Waals surface area contributed by atoms with Gasteiger partial charge in [0.2, 0.25) is 0 Å². The molecule has 3 heteroatoms. The lowest BCUT2D eigenvalue weighted by molar-refractivity contribution is 0.467. The summed E-state index contributed by atoms with van der Waals surface area (Å²) in [5.74, 6) is 0.312. The molecule has 0 radical (unpaired) electrons. The van der Waals surface area contributed by atoms with Crippen molar-refractivity contribution in [1.82, 2.24) is 0 Å². The van der Waals surface area contributed by atoms with Crippen molar-refractivity contribution < 1.29 is 5.11 Å². The van der Waals surface area contributed by atoms with Gasteiger partial charge < -0.3 is 16.6 Å². The minimum atomic E-state index is 0. The lowest BCUT2D eigenvalue weighted by Gasteiger charge is -2.02.